The van der Waals surface area contributed by atoms with Crippen molar-refractivity contribution >= 4 is 34.8 Å². The highest BCUT2D eigenvalue weighted by Crippen LogP contribution is 2.25. The molecule has 0 aliphatic rings. The molecule has 2 aromatic carbocycles. The largest absolute Gasteiger partial charge is 0.472 e. The number of nitrogens with one attached hydrogen (secondary N) is 3. The van der Waals surface area contributed by atoms with Crippen molar-refractivity contribution in [2.24, 2.45) is 0 Å². The first-order valence-corrected chi connectivity index (χ1v) is 9.42. The third-order valence-electron chi connectivity index (χ3n) is 4.32. The molecule has 2 heterocycles. The van der Waals surface area contributed by atoms with Crippen molar-refractivity contribution in [2.75, 3.05) is 10.6 Å². The minimum absolute atomic E-state index is 0.139. The van der Waals surface area contributed by atoms with Gasteiger partial charge in [-0.05, 0) is 42.5 Å². The number of H-pyrrole nitrogens is 1. The summed E-state index contributed by atoms with van der Waals surface area (Å²) in [6, 6.07) is 17.0. The van der Waals surface area contributed by atoms with Crippen LogP contribution in [0.15, 0.2) is 76.3 Å². The Balaban J connectivity index is 1.69. The first-order chi connectivity index (χ1) is 15.0. The van der Waals surface area contributed by atoms with E-state index >= 15 is 0 Å². The van der Waals surface area contributed by atoms with Crippen molar-refractivity contribution in [1.82, 2.24) is 9.97 Å². The van der Waals surface area contributed by atoms with Crippen LogP contribution >= 0.6 is 11.6 Å². The van der Waals surface area contributed by atoms with Crippen LogP contribution in [0.2, 0.25) is 5.02 Å². The maximum Gasteiger partial charge on any atom is 0.270 e. The Hall–Kier alpha value is -4.35. The summed E-state index contributed by atoms with van der Waals surface area (Å²) in [5, 5.41) is 15.8. The van der Waals surface area contributed by atoms with Gasteiger partial charge in [-0.25, -0.2) is 4.98 Å². The Morgan fingerprint density at radius 3 is 2.65 bits per heavy atom. The van der Waals surface area contributed by atoms with Gasteiger partial charge in [0.05, 0.1) is 17.5 Å². The fraction of sp³-hybridized carbons (Fsp3) is 0. The van der Waals surface area contributed by atoms with E-state index in [2.05, 4.69) is 20.6 Å². The van der Waals surface area contributed by atoms with E-state index in [4.69, 9.17) is 16.0 Å². The van der Waals surface area contributed by atoms with Gasteiger partial charge in [-0.15, -0.1) is 0 Å². The first-order valence-electron chi connectivity index (χ1n) is 9.04. The summed E-state index contributed by atoms with van der Waals surface area (Å²) < 4.78 is 4.92. The second-order valence-electron chi connectivity index (χ2n) is 6.43. The topological polar surface area (TPSA) is 124 Å². The zero-order valence-electron chi connectivity index (χ0n) is 15.8. The van der Waals surface area contributed by atoms with Crippen molar-refractivity contribution in [3.05, 3.63) is 93.6 Å². The molecule has 0 atom stereocenters. The van der Waals surface area contributed by atoms with Crippen LogP contribution in [-0.2, 0) is 0 Å². The molecule has 0 spiro atoms. The van der Waals surface area contributed by atoms with Crippen LogP contribution in [0.25, 0.3) is 11.3 Å². The third-order valence-corrected chi connectivity index (χ3v) is 4.57. The highest BCUT2D eigenvalue weighted by Gasteiger charge is 2.15. The Kier molecular flexibility index (Phi) is 5.51. The Bertz CT molecular complexity index is 1340. The number of aromatic nitrogens is 2. The van der Waals surface area contributed by atoms with E-state index in [1.54, 1.807) is 54.6 Å². The molecular weight excluding hydrogens is 418 g/mol. The summed E-state index contributed by atoms with van der Waals surface area (Å²) in [7, 11) is 0. The quantitative estimate of drug-likeness (QED) is 0.425. The van der Waals surface area contributed by atoms with Crippen LogP contribution in [0.5, 0.6) is 0 Å². The molecule has 4 aromatic rings. The summed E-state index contributed by atoms with van der Waals surface area (Å²) in [5.41, 5.74) is 1.45. The van der Waals surface area contributed by atoms with Gasteiger partial charge in [0.1, 0.15) is 17.9 Å². The van der Waals surface area contributed by atoms with Gasteiger partial charge in [-0.3, -0.25) is 14.6 Å². The van der Waals surface area contributed by atoms with E-state index in [0.29, 0.717) is 27.5 Å². The van der Waals surface area contributed by atoms with Crippen LogP contribution < -0.4 is 16.2 Å². The molecule has 0 bridgehead atoms. The highest BCUT2D eigenvalue weighted by atomic mass is 35.5. The summed E-state index contributed by atoms with van der Waals surface area (Å²) in [4.78, 5) is 31.7. The van der Waals surface area contributed by atoms with E-state index in [1.165, 1.54) is 12.5 Å². The molecule has 0 radical (unpaired) electrons. The molecule has 2 aromatic heterocycles. The lowest BCUT2D eigenvalue weighted by atomic mass is 10.1. The number of hydrogen-bond donors (Lipinski definition) is 3. The average molecular weight is 432 g/mol. The van der Waals surface area contributed by atoms with Gasteiger partial charge in [0, 0.05) is 22.0 Å². The Labute approximate surface area is 181 Å². The van der Waals surface area contributed by atoms with E-state index < -0.39 is 5.56 Å². The molecule has 0 unspecified atom stereocenters. The van der Waals surface area contributed by atoms with Crippen molar-refractivity contribution in [3.63, 3.8) is 0 Å². The fourth-order valence-electron chi connectivity index (χ4n) is 2.86. The number of amides is 1. The van der Waals surface area contributed by atoms with Crippen molar-refractivity contribution in [2.45, 2.75) is 0 Å². The number of anilines is 3. The molecule has 1 amide bonds. The van der Waals surface area contributed by atoms with Gasteiger partial charge < -0.3 is 15.1 Å². The van der Waals surface area contributed by atoms with Crippen molar-refractivity contribution in [1.29, 1.82) is 5.26 Å². The van der Waals surface area contributed by atoms with Crippen molar-refractivity contribution < 1.29 is 9.21 Å². The number of nitriles is 1. The molecule has 152 valence electrons. The summed E-state index contributed by atoms with van der Waals surface area (Å²) in [5.74, 6) is -0.190. The molecule has 3 N–H and O–H groups in total. The molecule has 0 aliphatic carbocycles. The monoisotopic (exact) mass is 431 g/mol. The molecule has 0 saturated carbocycles. The molecule has 0 saturated heterocycles. The third kappa shape index (κ3) is 4.47. The van der Waals surface area contributed by atoms with Crippen LogP contribution in [0, 0.1) is 11.3 Å². The van der Waals surface area contributed by atoms with Gasteiger partial charge in [0.15, 0.2) is 0 Å². The number of aromatic amines is 1. The van der Waals surface area contributed by atoms with Gasteiger partial charge >= 0.3 is 0 Å². The molecule has 8 nitrogen and oxygen atoms in total. The van der Waals surface area contributed by atoms with E-state index in [0.717, 1.165) is 0 Å². The normalized spacial score (nSPS) is 10.3. The standard InChI is InChI=1S/C22H14ClN5O3/c23-15-4-6-16(7-5-15)26-22-27-19(18(11-24)21(30)28-22)13-2-1-3-17(10-13)25-20(29)14-8-9-31-12-14/h1-10,12H,(H,25,29)(H2,26,27,28,30). The molecule has 0 aliphatic heterocycles. The van der Waals surface area contributed by atoms with Gasteiger partial charge in [0.2, 0.25) is 5.95 Å². The molecular formula is C22H14ClN5O3. The fourth-order valence-corrected chi connectivity index (χ4v) is 2.98. The number of benzene rings is 2. The smallest absolute Gasteiger partial charge is 0.270 e. The number of halogens is 1. The summed E-state index contributed by atoms with van der Waals surface area (Å²) in [6.07, 6.45) is 2.74. The predicted octanol–water partition coefficient (Wildman–Crippen LogP) is 4.55. The number of hydrogen-bond acceptors (Lipinski definition) is 6. The second-order valence-corrected chi connectivity index (χ2v) is 6.87. The van der Waals surface area contributed by atoms with Crippen LogP contribution in [0.3, 0.4) is 0 Å². The van der Waals surface area contributed by atoms with E-state index in [1.807, 2.05) is 6.07 Å². The minimum atomic E-state index is -0.586. The summed E-state index contributed by atoms with van der Waals surface area (Å²) >= 11 is 5.90. The Morgan fingerprint density at radius 1 is 1.13 bits per heavy atom. The second kappa shape index (κ2) is 8.57. The molecule has 0 fully saturated rings. The van der Waals surface area contributed by atoms with Gasteiger partial charge in [-0.1, -0.05) is 23.7 Å². The first kappa shape index (κ1) is 19.9. The minimum Gasteiger partial charge on any atom is -0.472 e. The number of carbonyl (C=O) groups excluding carboxylic acids is 1. The number of carbonyl (C=O) groups is 1. The zero-order valence-corrected chi connectivity index (χ0v) is 16.6. The lowest BCUT2D eigenvalue weighted by Crippen LogP contribution is -2.16. The highest BCUT2D eigenvalue weighted by molar-refractivity contribution is 6.30. The van der Waals surface area contributed by atoms with Crippen LogP contribution in [0.4, 0.5) is 17.3 Å². The average Bonchev–Trinajstić information content (AvgIpc) is 3.30. The zero-order chi connectivity index (χ0) is 21.8. The predicted molar refractivity (Wildman–Crippen MR) is 116 cm³/mol. The van der Waals surface area contributed by atoms with Gasteiger partial charge in [-0.2, -0.15) is 5.26 Å². The van der Waals surface area contributed by atoms with E-state index in [9.17, 15) is 14.9 Å². The van der Waals surface area contributed by atoms with E-state index in [-0.39, 0.29) is 23.1 Å². The van der Waals surface area contributed by atoms with Gasteiger partial charge in [0.25, 0.3) is 11.5 Å². The number of furan rings is 1. The lowest BCUT2D eigenvalue weighted by molar-refractivity contribution is 0.102. The summed E-state index contributed by atoms with van der Waals surface area (Å²) in [6.45, 7) is 0. The molecule has 31 heavy (non-hydrogen) atoms. The lowest BCUT2D eigenvalue weighted by Gasteiger charge is -2.10. The SMILES string of the molecule is N#Cc1c(-c2cccc(NC(=O)c3ccoc3)c2)nc(Nc2ccc(Cl)cc2)[nH]c1=O. The molecule has 4 rings (SSSR count). The maximum atomic E-state index is 12.5. The van der Waals surface area contributed by atoms with Crippen molar-refractivity contribution in [3.8, 4) is 17.3 Å². The number of nitrogens with zero attached hydrogens (tertiary/aromatic N) is 2. The maximum absolute atomic E-state index is 12.5. The van der Waals surface area contributed by atoms with Crippen LogP contribution in [0.1, 0.15) is 15.9 Å². The molecule has 9 heteroatoms. The van der Waals surface area contributed by atoms with Crippen LogP contribution in [-0.4, -0.2) is 15.9 Å². The number of rotatable bonds is 5. The Morgan fingerprint density at radius 2 is 1.94 bits per heavy atom.